The number of hydrogen-bond acceptors (Lipinski definition) is 3. The van der Waals surface area contributed by atoms with Gasteiger partial charge in [0.05, 0.1) is 6.33 Å². The summed E-state index contributed by atoms with van der Waals surface area (Å²) in [4.78, 5) is 29.0. The minimum absolute atomic E-state index is 0.00600. The van der Waals surface area contributed by atoms with Gasteiger partial charge in [0, 0.05) is 38.4 Å². The summed E-state index contributed by atoms with van der Waals surface area (Å²) in [5.74, 6) is -0.0422. The number of aromatic nitrogens is 2. The Morgan fingerprint density at radius 2 is 2.28 bits per heavy atom. The first-order chi connectivity index (χ1) is 8.66. The lowest BCUT2D eigenvalue weighted by Crippen LogP contribution is -2.43. The van der Waals surface area contributed by atoms with Crippen LogP contribution in [0.3, 0.4) is 0 Å². The molecule has 6 heteroatoms. The molecule has 1 N–H and O–H groups in total. The van der Waals surface area contributed by atoms with Gasteiger partial charge in [-0.25, -0.2) is 4.98 Å². The highest BCUT2D eigenvalue weighted by Gasteiger charge is 2.25. The van der Waals surface area contributed by atoms with Crippen molar-refractivity contribution in [2.45, 2.75) is 32.4 Å². The van der Waals surface area contributed by atoms with Gasteiger partial charge in [0.15, 0.2) is 0 Å². The highest BCUT2D eigenvalue weighted by Crippen LogP contribution is 2.05. The van der Waals surface area contributed by atoms with Crippen LogP contribution in [-0.2, 0) is 16.1 Å². The molecule has 2 rings (SSSR count). The molecule has 98 valence electrons. The van der Waals surface area contributed by atoms with Crippen LogP contribution < -0.4 is 5.32 Å². The Bertz CT molecular complexity index is 416. The molecule has 6 nitrogen and oxygen atoms in total. The summed E-state index contributed by atoms with van der Waals surface area (Å²) in [6.45, 7) is 3.75. The number of nitrogens with one attached hydrogen (secondary N) is 1. The van der Waals surface area contributed by atoms with E-state index in [4.69, 9.17) is 0 Å². The summed E-state index contributed by atoms with van der Waals surface area (Å²) in [7, 11) is 0. The van der Waals surface area contributed by atoms with E-state index in [1.54, 1.807) is 24.3 Å². The fraction of sp³-hybridized carbons (Fsp3) is 0.583. The van der Waals surface area contributed by atoms with Crippen LogP contribution in [0.15, 0.2) is 18.7 Å². The zero-order chi connectivity index (χ0) is 13.0. The number of nitrogens with zero attached hydrogens (tertiary/aromatic N) is 3. The third-order valence-electron chi connectivity index (χ3n) is 3.07. The highest BCUT2D eigenvalue weighted by atomic mass is 16.2. The molecule has 1 aliphatic heterocycles. The van der Waals surface area contributed by atoms with Gasteiger partial charge in [-0.2, -0.15) is 0 Å². The van der Waals surface area contributed by atoms with Crippen molar-refractivity contribution in [1.29, 1.82) is 0 Å². The van der Waals surface area contributed by atoms with Gasteiger partial charge in [-0.1, -0.05) is 0 Å². The van der Waals surface area contributed by atoms with Crippen molar-refractivity contribution in [3.63, 3.8) is 0 Å². The van der Waals surface area contributed by atoms with Crippen LogP contribution in [0.25, 0.3) is 0 Å². The summed E-state index contributed by atoms with van der Waals surface area (Å²) in [5.41, 5.74) is 0. The molecule has 0 aromatic carbocycles. The molecule has 0 bridgehead atoms. The predicted molar refractivity (Wildman–Crippen MR) is 65.6 cm³/mol. The maximum absolute atomic E-state index is 12.0. The van der Waals surface area contributed by atoms with Crippen LogP contribution in [-0.4, -0.2) is 45.4 Å². The summed E-state index contributed by atoms with van der Waals surface area (Å²) in [6.07, 6.45) is 6.65. The Kier molecular flexibility index (Phi) is 3.96. The van der Waals surface area contributed by atoms with Crippen molar-refractivity contribution in [2.24, 2.45) is 0 Å². The van der Waals surface area contributed by atoms with Gasteiger partial charge < -0.3 is 14.8 Å². The van der Waals surface area contributed by atoms with E-state index in [1.165, 1.54) is 0 Å². The zero-order valence-corrected chi connectivity index (χ0v) is 10.5. The molecule has 2 amide bonds. The summed E-state index contributed by atoms with van der Waals surface area (Å²) < 4.78 is 1.98. The van der Waals surface area contributed by atoms with Crippen molar-refractivity contribution >= 4 is 11.8 Å². The Labute approximate surface area is 106 Å². The first kappa shape index (κ1) is 12.6. The molecular weight excluding hydrogens is 232 g/mol. The number of hydrogen-bond donors (Lipinski definition) is 1. The SMILES string of the molecule is CC1NC(=O)CCN(CCCn2ccnc2)C1=O. The number of carbonyl (C=O) groups is 2. The maximum Gasteiger partial charge on any atom is 0.244 e. The number of amides is 2. The molecule has 18 heavy (non-hydrogen) atoms. The summed E-state index contributed by atoms with van der Waals surface area (Å²) >= 11 is 0. The molecule has 0 saturated carbocycles. The molecule has 1 unspecified atom stereocenters. The van der Waals surface area contributed by atoms with E-state index < -0.39 is 6.04 Å². The van der Waals surface area contributed by atoms with Gasteiger partial charge in [0.1, 0.15) is 6.04 Å². The fourth-order valence-electron chi connectivity index (χ4n) is 2.08. The van der Waals surface area contributed by atoms with Crippen molar-refractivity contribution in [1.82, 2.24) is 19.8 Å². The topological polar surface area (TPSA) is 67.2 Å². The lowest BCUT2D eigenvalue weighted by atomic mass is 10.3. The molecule has 1 aromatic rings. The largest absolute Gasteiger partial charge is 0.345 e. The first-order valence-corrected chi connectivity index (χ1v) is 6.20. The third-order valence-corrected chi connectivity index (χ3v) is 3.07. The lowest BCUT2D eigenvalue weighted by Gasteiger charge is -2.22. The van der Waals surface area contributed by atoms with Gasteiger partial charge in [-0.15, -0.1) is 0 Å². The maximum atomic E-state index is 12.0. The molecule has 0 radical (unpaired) electrons. The van der Waals surface area contributed by atoms with Crippen LogP contribution in [0.4, 0.5) is 0 Å². The minimum atomic E-state index is -0.409. The number of imidazole rings is 1. The monoisotopic (exact) mass is 250 g/mol. The smallest absolute Gasteiger partial charge is 0.244 e. The van der Waals surface area contributed by atoms with Gasteiger partial charge in [0.2, 0.25) is 11.8 Å². The van der Waals surface area contributed by atoms with Gasteiger partial charge >= 0.3 is 0 Å². The van der Waals surface area contributed by atoms with Gasteiger partial charge in [-0.05, 0) is 13.3 Å². The van der Waals surface area contributed by atoms with Gasteiger partial charge in [0.25, 0.3) is 0 Å². The molecule has 0 spiro atoms. The highest BCUT2D eigenvalue weighted by molar-refractivity contribution is 5.89. The average molecular weight is 250 g/mol. The standard InChI is InChI=1S/C12H18N4O2/c1-10-12(18)16(7-3-11(17)14-10)6-2-5-15-8-4-13-9-15/h4,8-10H,2-3,5-7H2,1H3,(H,14,17). The van der Waals surface area contributed by atoms with Crippen molar-refractivity contribution in [3.05, 3.63) is 18.7 Å². The lowest BCUT2D eigenvalue weighted by molar-refractivity contribution is -0.133. The number of aryl methyl sites for hydroxylation is 1. The Morgan fingerprint density at radius 3 is 3.00 bits per heavy atom. The molecule has 1 saturated heterocycles. The first-order valence-electron chi connectivity index (χ1n) is 6.20. The van der Waals surface area contributed by atoms with Crippen LogP contribution in [0.2, 0.25) is 0 Å². The van der Waals surface area contributed by atoms with E-state index in [0.717, 1.165) is 13.0 Å². The van der Waals surface area contributed by atoms with E-state index in [-0.39, 0.29) is 11.8 Å². The molecular formula is C12H18N4O2. The molecule has 1 aromatic heterocycles. The normalized spacial score (nSPS) is 20.7. The zero-order valence-electron chi connectivity index (χ0n) is 10.5. The Morgan fingerprint density at radius 1 is 1.44 bits per heavy atom. The van der Waals surface area contributed by atoms with E-state index in [9.17, 15) is 9.59 Å². The van der Waals surface area contributed by atoms with E-state index in [1.807, 2.05) is 10.8 Å². The molecule has 1 atom stereocenters. The second-order valence-electron chi connectivity index (χ2n) is 4.52. The quantitative estimate of drug-likeness (QED) is 0.818. The molecule has 1 aliphatic rings. The van der Waals surface area contributed by atoms with Crippen molar-refractivity contribution < 1.29 is 9.59 Å². The van der Waals surface area contributed by atoms with E-state index in [2.05, 4.69) is 10.3 Å². The Hall–Kier alpha value is -1.85. The fourth-order valence-corrected chi connectivity index (χ4v) is 2.08. The van der Waals surface area contributed by atoms with E-state index >= 15 is 0 Å². The van der Waals surface area contributed by atoms with Crippen LogP contribution in [0.5, 0.6) is 0 Å². The number of rotatable bonds is 4. The van der Waals surface area contributed by atoms with Crippen LogP contribution in [0.1, 0.15) is 19.8 Å². The minimum Gasteiger partial charge on any atom is -0.345 e. The second kappa shape index (κ2) is 5.66. The van der Waals surface area contributed by atoms with Crippen LogP contribution >= 0.6 is 0 Å². The van der Waals surface area contributed by atoms with Crippen molar-refractivity contribution in [3.8, 4) is 0 Å². The summed E-state index contributed by atoms with van der Waals surface area (Å²) in [6, 6.07) is -0.409. The number of carbonyl (C=O) groups excluding carboxylic acids is 2. The average Bonchev–Trinajstić information content (AvgIpc) is 2.81. The van der Waals surface area contributed by atoms with Crippen LogP contribution in [0, 0.1) is 0 Å². The van der Waals surface area contributed by atoms with E-state index in [0.29, 0.717) is 19.5 Å². The van der Waals surface area contributed by atoms with Gasteiger partial charge in [-0.3, -0.25) is 9.59 Å². The third kappa shape index (κ3) is 3.09. The predicted octanol–water partition coefficient (Wildman–Crippen LogP) is 0.0102. The van der Waals surface area contributed by atoms with Crippen molar-refractivity contribution in [2.75, 3.05) is 13.1 Å². The summed E-state index contributed by atoms with van der Waals surface area (Å²) in [5, 5.41) is 2.68. The Balaban J connectivity index is 1.83. The molecule has 1 fully saturated rings. The molecule has 2 heterocycles. The second-order valence-corrected chi connectivity index (χ2v) is 4.52. The molecule has 0 aliphatic carbocycles.